The molecule has 3 aromatic rings. The lowest BCUT2D eigenvalue weighted by Crippen LogP contribution is -2.31. The zero-order chi connectivity index (χ0) is 26.2. The highest BCUT2D eigenvalue weighted by molar-refractivity contribution is 6.46. The number of Topliss-reactive ketones (excluding diaryl/α,β-unsaturated/α-hetero) is 1. The lowest BCUT2D eigenvalue weighted by Gasteiger charge is -2.26. The van der Waals surface area contributed by atoms with Crippen LogP contribution in [0.3, 0.4) is 0 Å². The second-order valence-corrected chi connectivity index (χ2v) is 8.94. The number of carbonyl (C=O) groups excluding carboxylic acids is 2. The lowest BCUT2D eigenvalue weighted by atomic mass is 9.95. The minimum Gasteiger partial charge on any atom is -0.507 e. The smallest absolute Gasteiger partial charge is 0.295 e. The first-order valence-electron chi connectivity index (χ1n) is 12.7. The van der Waals surface area contributed by atoms with E-state index >= 15 is 0 Å². The maximum Gasteiger partial charge on any atom is 0.295 e. The summed E-state index contributed by atoms with van der Waals surface area (Å²) in [6, 6.07) is 13.5. The number of aryl methyl sites for hydroxylation is 1. The second-order valence-electron chi connectivity index (χ2n) is 8.94. The number of benzene rings is 2. The summed E-state index contributed by atoms with van der Waals surface area (Å²) in [5, 5.41) is 11.3. The highest BCUT2D eigenvalue weighted by Crippen LogP contribution is 2.40. The molecule has 0 bridgehead atoms. The molecule has 1 aromatic heterocycles. The molecule has 0 aliphatic carbocycles. The molecule has 1 atom stereocenters. The van der Waals surface area contributed by atoms with Gasteiger partial charge in [0.15, 0.2) is 0 Å². The zero-order valence-corrected chi connectivity index (χ0v) is 21.3. The van der Waals surface area contributed by atoms with Crippen LogP contribution in [0.1, 0.15) is 50.3 Å². The zero-order valence-electron chi connectivity index (χ0n) is 21.3. The molecular weight excluding hydrogens is 470 g/mol. The van der Waals surface area contributed by atoms with Crippen LogP contribution in [0.15, 0.2) is 72.8 Å². The predicted octanol–water partition coefficient (Wildman–Crippen LogP) is 4.97. The van der Waals surface area contributed by atoms with E-state index < -0.39 is 17.7 Å². The SMILES string of the molecule is CCCOc1ccc(/C(O)=C2\C(=O)C(=O)N(CCCn3ccnc3)C2c2cccc(OCCC)c2)cc1. The van der Waals surface area contributed by atoms with Crippen molar-refractivity contribution in [2.24, 2.45) is 0 Å². The van der Waals surface area contributed by atoms with Crippen LogP contribution in [-0.2, 0) is 16.1 Å². The van der Waals surface area contributed by atoms with Gasteiger partial charge in [0.25, 0.3) is 11.7 Å². The number of aliphatic hydroxyl groups excluding tert-OH is 1. The minimum absolute atomic E-state index is 0.0718. The molecular formula is C29H33N3O5. The van der Waals surface area contributed by atoms with Crippen molar-refractivity contribution >= 4 is 17.4 Å². The van der Waals surface area contributed by atoms with Gasteiger partial charge in [-0.1, -0.05) is 26.0 Å². The first-order chi connectivity index (χ1) is 18.0. The van der Waals surface area contributed by atoms with E-state index in [0.29, 0.717) is 55.4 Å². The number of amides is 1. The largest absolute Gasteiger partial charge is 0.507 e. The average molecular weight is 504 g/mol. The Morgan fingerprint density at radius 1 is 0.973 bits per heavy atom. The van der Waals surface area contributed by atoms with Crippen molar-refractivity contribution in [3.8, 4) is 11.5 Å². The van der Waals surface area contributed by atoms with Crippen molar-refractivity contribution in [1.29, 1.82) is 0 Å². The summed E-state index contributed by atoms with van der Waals surface area (Å²) in [6.45, 7) is 6.18. The van der Waals surface area contributed by atoms with Crippen LogP contribution in [-0.4, -0.2) is 51.0 Å². The molecule has 1 fully saturated rings. The fourth-order valence-electron chi connectivity index (χ4n) is 4.38. The molecule has 4 rings (SSSR count). The fourth-order valence-corrected chi connectivity index (χ4v) is 4.38. The van der Waals surface area contributed by atoms with Crippen LogP contribution in [0.2, 0.25) is 0 Å². The van der Waals surface area contributed by atoms with E-state index in [4.69, 9.17) is 9.47 Å². The number of ether oxygens (including phenoxy) is 2. The van der Waals surface area contributed by atoms with Crippen molar-refractivity contribution < 1.29 is 24.2 Å². The van der Waals surface area contributed by atoms with E-state index in [0.717, 1.165) is 12.8 Å². The van der Waals surface area contributed by atoms with Crippen LogP contribution in [0.4, 0.5) is 0 Å². The summed E-state index contributed by atoms with van der Waals surface area (Å²) in [5.74, 6) is -0.199. The predicted molar refractivity (Wildman–Crippen MR) is 140 cm³/mol. The number of imidazole rings is 1. The number of rotatable bonds is 12. The summed E-state index contributed by atoms with van der Waals surface area (Å²) < 4.78 is 13.4. The van der Waals surface area contributed by atoms with E-state index in [1.165, 1.54) is 0 Å². The van der Waals surface area contributed by atoms with Gasteiger partial charge < -0.3 is 24.0 Å². The topological polar surface area (TPSA) is 93.9 Å². The highest BCUT2D eigenvalue weighted by atomic mass is 16.5. The Labute approximate surface area is 217 Å². The van der Waals surface area contributed by atoms with Gasteiger partial charge in [0.2, 0.25) is 0 Å². The number of aromatic nitrogens is 2. The van der Waals surface area contributed by atoms with Gasteiger partial charge >= 0.3 is 0 Å². The monoisotopic (exact) mass is 503 g/mol. The standard InChI is InChI=1S/C29H33N3O5/c1-3-17-36-23-11-9-21(10-12-23)27(33)25-26(22-7-5-8-24(19-22)37-18-4-2)32(29(35)28(25)34)15-6-14-31-16-13-30-20-31/h5,7-13,16,19-20,26,33H,3-4,6,14-15,17-18H2,1-2H3/b27-25+. The van der Waals surface area contributed by atoms with E-state index in [-0.39, 0.29) is 11.3 Å². The number of aliphatic hydroxyl groups is 1. The van der Waals surface area contributed by atoms with Gasteiger partial charge in [-0.2, -0.15) is 0 Å². The molecule has 0 radical (unpaired) electrons. The van der Waals surface area contributed by atoms with Crippen LogP contribution >= 0.6 is 0 Å². The van der Waals surface area contributed by atoms with Gasteiger partial charge in [-0.05, 0) is 61.2 Å². The summed E-state index contributed by atoms with van der Waals surface area (Å²) >= 11 is 0. The van der Waals surface area contributed by atoms with E-state index in [2.05, 4.69) is 4.98 Å². The number of nitrogens with zero attached hydrogens (tertiary/aromatic N) is 3. The van der Waals surface area contributed by atoms with Crippen LogP contribution < -0.4 is 9.47 Å². The number of likely N-dealkylation sites (tertiary alicyclic amines) is 1. The summed E-state index contributed by atoms with van der Waals surface area (Å²) in [7, 11) is 0. The van der Waals surface area contributed by atoms with Gasteiger partial charge in [0, 0.05) is 31.0 Å². The molecule has 8 heteroatoms. The van der Waals surface area contributed by atoms with E-state index in [9.17, 15) is 14.7 Å². The average Bonchev–Trinajstić information content (AvgIpc) is 3.53. The molecule has 0 saturated carbocycles. The molecule has 37 heavy (non-hydrogen) atoms. The minimum atomic E-state index is -0.732. The Morgan fingerprint density at radius 2 is 1.70 bits per heavy atom. The maximum atomic E-state index is 13.3. The summed E-state index contributed by atoms with van der Waals surface area (Å²) in [6.07, 6.45) is 7.63. The first-order valence-corrected chi connectivity index (χ1v) is 12.7. The van der Waals surface area contributed by atoms with E-state index in [1.54, 1.807) is 41.7 Å². The van der Waals surface area contributed by atoms with Crippen molar-refractivity contribution in [1.82, 2.24) is 14.5 Å². The molecule has 194 valence electrons. The maximum absolute atomic E-state index is 13.3. The van der Waals surface area contributed by atoms with E-state index in [1.807, 2.05) is 48.9 Å². The molecule has 1 N–H and O–H groups in total. The molecule has 2 aromatic carbocycles. The van der Waals surface area contributed by atoms with Crippen molar-refractivity contribution in [3.63, 3.8) is 0 Å². The Kier molecular flexibility index (Phi) is 8.61. The number of hydrogen-bond donors (Lipinski definition) is 1. The third-order valence-corrected chi connectivity index (χ3v) is 6.16. The van der Waals surface area contributed by atoms with Crippen LogP contribution in [0.5, 0.6) is 11.5 Å². The van der Waals surface area contributed by atoms with Crippen molar-refractivity contribution in [2.75, 3.05) is 19.8 Å². The van der Waals surface area contributed by atoms with Gasteiger partial charge in [-0.25, -0.2) is 4.98 Å². The lowest BCUT2D eigenvalue weighted by molar-refractivity contribution is -0.139. The molecule has 1 amide bonds. The highest BCUT2D eigenvalue weighted by Gasteiger charge is 2.45. The molecule has 1 saturated heterocycles. The third kappa shape index (κ3) is 6.02. The van der Waals surface area contributed by atoms with Crippen LogP contribution in [0, 0.1) is 0 Å². The molecule has 1 aliphatic heterocycles. The molecule has 2 heterocycles. The van der Waals surface area contributed by atoms with Crippen LogP contribution in [0.25, 0.3) is 5.76 Å². The van der Waals surface area contributed by atoms with Gasteiger partial charge in [-0.15, -0.1) is 0 Å². The fraction of sp³-hybridized carbons (Fsp3) is 0.345. The Morgan fingerprint density at radius 3 is 2.38 bits per heavy atom. The van der Waals surface area contributed by atoms with Gasteiger partial charge in [0.05, 0.1) is 31.2 Å². The number of carbonyl (C=O) groups is 2. The van der Waals surface area contributed by atoms with Crippen molar-refractivity contribution in [3.05, 3.63) is 84.0 Å². The quantitative estimate of drug-likeness (QED) is 0.213. The third-order valence-electron chi connectivity index (χ3n) is 6.16. The Hall–Kier alpha value is -4.07. The van der Waals surface area contributed by atoms with Gasteiger partial charge in [-0.3, -0.25) is 9.59 Å². The Balaban J connectivity index is 1.69. The summed E-state index contributed by atoms with van der Waals surface area (Å²) in [4.78, 5) is 32.1. The second kappa shape index (κ2) is 12.3. The first kappa shape index (κ1) is 26.0. The summed E-state index contributed by atoms with van der Waals surface area (Å²) in [5.41, 5.74) is 1.23. The number of hydrogen-bond acceptors (Lipinski definition) is 6. The number of ketones is 1. The molecule has 8 nitrogen and oxygen atoms in total. The normalized spacial score (nSPS) is 16.8. The molecule has 1 aliphatic rings. The van der Waals surface area contributed by atoms with Crippen molar-refractivity contribution in [2.45, 2.75) is 45.7 Å². The van der Waals surface area contributed by atoms with Gasteiger partial charge in [0.1, 0.15) is 17.3 Å². The molecule has 1 unspecified atom stereocenters. The Bertz CT molecular complexity index is 1230. The molecule has 0 spiro atoms.